The van der Waals surface area contributed by atoms with Crippen molar-refractivity contribution < 1.29 is 9.53 Å². The highest BCUT2D eigenvalue weighted by molar-refractivity contribution is 14.0. The Kier molecular flexibility index (Phi) is 9.78. The largest absolute Gasteiger partial charge is 0.381 e. The molecule has 1 amide bonds. The number of carbonyl (C=O) groups excluding carboxylic acids is 1. The van der Waals surface area contributed by atoms with Gasteiger partial charge in [-0.2, -0.15) is 0 Å². The number of aliphatic imine (C=N–C) groups is 1. The van der Waals surface area contributed by atoms with Crippen LogP contribution in [-0.4, -0.2) is 76.3 Å². The van der Waals surface area contributed by atoms with E-state index in [1.54, 1.807) is 19.0 Å². The van der Waals surface area contributed by atoms with Crippen molar-refractivity contribution in [2.24, 2.45) is 10.9 Å². The Bertz CT molecular complexity index is 680. The SMILES string of the molecule is CN(C)C(=O)CN=C(NCC1CCOC1)NC1CCN(c2ccc(Cl)cc2)C1.I. The summed E-state index contributed by atoms with van der Waals surface area (Å²) in [7, 11) is 3.49. The highest BCUT2D eigenvalue weighted by atomic mass is 127. The van der Waals surface area contributed by atoms with E-state index in [0.717, 1.165) is 50.7 Å². The lowest BCUT2D eigenvalue weighted by atomic mass is 10.1. The zero-order valence-corrected chi connectivity index (χ0v) is 20.2. The molecule has 29 heavy (non-hydrogen) atoms. The lowest BCUT2D eigenvalue weighted by Crippen LogP contribution is -2.46. The Labute approximate surface area is 195 Å². The van der Waals surface area contributed by atoms with Gasteiger partial charge in [0.2, 0.25) is 5.91 Å². The summed E-state index contributed by atoms with van der Waals surface area (Å²) in [4.78, 5) is 20.3. The molecule has 0 bridgehead atoms. The molecule has 9 heteroatoms. The fraction of sp³-hybridized carbons (Fsp3) is 0.600. The van der Waals surface area contributed by atoms with Crippen molar-refractivity contribution in [1.82, 2.24) is 15.5 Å². The molecule has 2 fully saturated rings. The summed E-state index contributed by atoms with van der Waals surface area (Å²) in [5.41, 5.74) is 1.17. The number of guanidine groups is 1. The van der Waals surface area contributed by atoms with Gasteiger partial charge in [-0.05, 0) is 37.1 Å². The fourth-order valence-corrected chi connectivity index (χ4v) is 3.51. The molecule has 0 aliphatic carbocycles. The smallest absolute Gasteiger partial charge is 0.243 e. The molecule has 2 aliphatic rings. The standard InChI is InChI=1S/C20H30ClN5O2.HI/c1-25(2)19(27)12-23-20(22-11-15-8-10-28-14-15)24-17-7-9-26(13-17)18-5-3-16(21)4-6-18;/h3-6,15,17H,7-14H2,1-2H3,(H2,22,23,24);1H. The molecule has 7 nitrogen and oxygen atoms in total. The fourth-order valence-electron chi connectivity index (χ4n) is 3.38. The summed E-state index contributed by atoms with van der Waals surface area (Å²) in [6.07, 6.45) is 2.07. The second-order valence-corrected chi connectivity index (χ2v) is 8.05. The number of carbonyl (C=O) groups is 1. The van der Waals surface area contributed by atoms with Crippen LogP contribution >= 0.6 is 35.6 Å². The first-order valence-electron chi connectivity index (χ1n) is 9.84. The van der Waals surface area contributed by atoms with Gasteiger partial charge in [0.05, 0.1) is 6.61 Å². The van der Waals surface area contributed by atoms with E-state index in [2.05, 4.69) is 20.5 Å². The minimum atomic E-state index is -0.0143. The van der Waals surface area contributed by atoms with E-state index in [-0.39, 0.29) is 42.5 Å². The molecule has 0 aromatic heterocycles. The molecule has 2 unspecified atom stereocenters. The third-order valence-corrected chi connectivity index (χ3v) is 5.43. The number of halogens is 2. The van der Waals surface area contributed by atoms with Crippen LogP contribution in [0.15, 0.2) is 29.3 Å². The number of likely N-dealkylation sites (N-methyl/N-ethyl adjacent to an activating group) is 1. The van der Waals surface area contributed by atoms with Gasteiger partial charge in [-0.25, -0.2) is 4.99 Å². The van der Waals surface area contributed by atoms with E-state index < -0.39 is 0 Å². The van der Waals surface area contributed by atoms with Crippen LogP contribution < -0.4 is 15.5 Å². The van der Waals surface area contributed by atoms with Gasteiger partial charge in [0.25, 0.3) is 0 Å². The van der Waals surface area contributed by atoms with Crippen LogP contribution in [0.4, 0.5) is 5.69 Å². The van der Waals surface area contributed by atoms with Crippen molar-refractivity contribution in [3.63, 3.8) is 0 Å². The van der Waals surface area contributed by atoms with Gasteiger partial charge in [-0.3, -0.25) is 4.79 Å². The molecular weight excluding hydrogens is 505 g/mol. The van der Waals surface area contributed by atoms with E-state index in [0.29, 0.717) is 11.9 Å². The summed E-state index contributed by atoms with van der Waals surface area (Å²) >= 11 is 5.99. The molecule has 2 atom stereocenters. The number of anilines is 1. The number of ether oxygens (including phenoxy) is 1. The number of nitrogens with one attached hydrogen (secondary N) is 2. The third-order valence-electron chi connectivity index (χ3n) is 5.17. The molecular formula is C20H31ClIN5O2. The number of nitrogens with zero attached hydrogens (tertiary/aromatic N) is 3. The summed E-state index contributed by atoms with van der Waals surface area (Å²) in [5, 5.41) is 7.65. The number of benzene rings is 1. The van der Waals surface area contributed by atoms with E-state index in [1.807, 2.05) is 24.3 Å². The summed E-state index contributed by atoms with van der Waals surface area (Å²) in [5.74, 6) is 1.18. The molecule has 0 saturated carbocycles. The second kappa shape index (κ2) is 11.8. The van der Waals surface area contributed by atoms with Crippen LogP contribution in [0.3, 0.4) is 0 Å². The Morgan fingerprint density at radius 1 is 1.31 bits per heavy atom. The molecule has 1 aromatic rings. The highest BCUT2D eigenvalue weighted by Crippen LogP contribution is 2.22. The molecule has 2 N–H and O–H groups in total. The van der Waals surface area contributed by atoms with Gasteiger partial charge in [-0.15, -0.1) is 24.0 Å². The van der Waals surface area contributed by atoms with Gasteiger partial charge in [0.15, 0.2) is 5.96 Å². The topological polar surface area (TPSA) is 69.2 Å². The molecule has 0 radical (unpaired) electrons. The van der Waals surface area contributed by atoms with Crippen LogP contribution in [0, 0.1) is 5.92 Å². The van der Waals surface area contributed by atoms with E-state index in [9.17, 15) is 4.79 Å². The molecule has 1 aromatic carbocycles. The summed E-state index contributed by atoms with van der Waals surface area (Å²) in [6, 6.07) is 8.21. The maximum atomic E-state index is 11.9. The van der Waals surface area contributed by atoms with Crippen molar-refractivity contribution >= 4 is 53.1 Å². The molecule has 3 rings (SSSR count). The predicted octanol–water partition coefficient (Wildman–Crippen LogP) is 2.20. The first kappa shape index (κ1) is 24.0. The maximum absolute atomic E-state index is 11.9. The predicted molar refractivity (Wildman–Crippen MR) is 129 cm³/mol. The number of hydrogen-bond acceptors (Lipinski definition) is 4. The number of rotatable bonds is 6. The minimum absolute atomic E-state index is 0. The third kappa shape index (κ3) is 7.49. The van der Waals surface area contributed by atoms with Gasteiger partial charge in [0.1, 0.15) is 6.54 Å². The van der Waals surface area contributed by atoms with Crippen LogP contribution in [-0.2, 0) is 9.53 Å². The van der Waals surface area contributed by atoms with Crippen LogP contribution in [0.1, 0.15) is 12.8 Å². The van der Waals surface area contributed by atoms with Crippen molar-refractivity contribution in [3.05, 3.63) is 29.3 Å². The molecule has 2 aliphatic heterocycles. The summed E-state index contributed by atoms with van der Waals surface area (Å²) in [6.45, 7) is 4.40. The highest BCUT2D eigenvalue weighted by Gasteiger charge is 2.24. The Balaban J connectivity index is 0.00000300. The average molecular weight is 536 g/mol. The number of hydrogen-bond donors (Lipinski definition) is 2. The quantitative estimate of drug-likeness (QED) is 0.332. The first-order valence-corrected chi connectivity index (χ1v) is 10.2. The van der Waals surface area contributed by atoms with Gasteiger partial charge >= 0.3 is 0 Å². The van der Waals surface area contributed by atoms with Crippen molar-refractivity contribution in [2.75, 3.05) is 58.4 Å². The Morgan fingerprint density at radius 2 is 2.07 bits per heavy atom. The van der Waals surface area contributed by atoms with E-state index >= 15 is 0 Å². The van der Waals surface area contributed by atoms with Crippen molar-refractivity contribution in [3.8, 4) is 0 Å². The average Bonchev–Trinajstić information content (AvgIpc) is 3.36. The lowest BCUT2D eigenvalue weighted by molar-refractivity contribution is -0.127. The lowest BCUT2D eigenvalue weighted by Gasteiger charge is -2.21. The Morgan fingerprint density at radius 3 is 2.72 bits per heavy atom. The van der Waals surface area contributed by atoms with Crippen molar-refractivity contribution in [2.45, 2.75) is 18.9 Å². The maximum Gasteiger partial charge on any atom is 0.243 e. The molecule has 2 heterocycles. The van der Waals surface area contributed by atoms with Gasteiger partial charge in [-0.1, -0.05) is 11.6 Å². The summed E-state index contributed by atoms with van der Waals surface area (Å²) < 4.78 is 5.45. The molecule has 162 valence electrons. The minimum Gasteiger partial charge on any atom is -0.381 e. The van der Waals surface area contributed by atoms with E-state index in [4.69, 9.17) is 16.3 Å². The van der Waals surface area contributed by atoms with Gasteiger partial charge < -0.3 is 25.2 Å². The normalized spacial score (nSPS) is 21.6. The molecule has 2 saturated heterocycles. The van der Waals surface area contributed by atoms with Crippen LogP contribution in [0.25, 0.3) is 0 Å². The zero-order valence-electron chi connectivity index (χ0n) is 17.1. The Hall–Kier alpha value is -1.26. The first-order chi connectivity index (χ1) is 13.5. The van der Waals surface area contributed by atoms with Crippen LogP contribution in [0.2, 0.25) is 5.02 Å². The van der Waals surface area contributed by atoms with Crippen molar-refractivity contribution in [1.29, 1.82) is 0 Å². The second-order valence-electron chi connectivity index (χ2n) is 7.62. The zero-order chi connectivity index (χ0) is 19.9. The monoisotopic (exact) mass is 535 g/mol. The molecule has 0 spiro atoms. The van der Waals surface area contributed by atoms with Gasteiger partial charge in [0, 0.05) is 63.0 Å². The van der Waals surface area contributed by atoms with Crippen LogP contribution in [0.5, 0.6) is 0 Å². The number of amides is 1. The van der Waals surface area contributed by atoms with E-state index in [1.165, 1.54) is 5.69 Å².